The number of oxazole rings is 1. The maximum Gasteiger partial charge on any atom is 0.248 e. The van der Waals surface area contributed by atoms with E-state index in [-0.39, 0.29) is 0 Å². The summed E-state index contributed by atoms with van der Waals surface area (Å²) in [5, 5.41) is 8.35. The van der Waals surface area contributed by atoms with Gasteiger partial charge in [0.2, 0.25) is 17.7 Å². The highest BCUT2D eigenvalue weighted by molar-refractivity contribution is 5.70. The van der Waals surface area contributed by atoms with Crippen molar-refractivity contribution < 1.29 is 8.83 Å². The van der Waals surface area contributed by atoms with Gasteiger partial charge in [0.1, 0.15) is 0 Å². The number of hydrogen-bond donors (Lipinski definition) is 0. The minimum absolute atomic E-state index is 0.446. The van der Waals surface area contributed by atoms with Crippen LogP contribution in [-0.4, -0.2) is 15.2 Å². The van der Waals surface area contributed by atoms with E-state index in [4.69, 9.17) is 8.83 Å². The van der Waals surface area contributed by atoms with E-state index in [1.165, 1.54) is 5.56 Å². The topological polar surface area (TPSA) is 65.0 Å². The van der Waals surface area contributed by atoms with Crippen molar-refractivity contribution in [2.24, 2.45) is 0 Å². The van der Waals surface area contributed by atoms with Crippen LogP contribution >= 0.6 is 0 Å². The molecule has 2 heterocycles. The summed E-state index contributed by atoms with van der Waals surface area (Å²) < 4.78 is 11.8. The van der Waals surface area contributed by atoms with E-state index in [2.05, 4.69) is 39.4 Å². The van der Waals surface area contributed by atoms with Crippen LogP contribution in [-0.2, 0) is 0 Å². The van der Waals surface area contributed by atoms with E-state index >= 15 is 0 Å². The Bertz CT molecular complexity index is 1600. The molecule has 0 saturated carbocycles. The van der Waals surface area contributed by atoms with Gasteiger partial charge in [-0.25, -0.2) is 4.98 Å². The van der Waals surface area contributed by atoms with Crippen LogP contribution < -0.4 is 0 Å². The van der Waals surface area contributed by atoms with Crippen LogP contribution in [0.5, 0.6) is 0 Å². The second-order valence-corrected chi connectivity index (χ2v) is 8.24. The Hall–Kier alpha value is -5.03. The van der Waals surface area contributed by atoms with Crippen molar-refractivity contribution in [3.05, 3.63) is 127 Å². The zero-order valence-electron chi connectivity index (χ0n) is 19.3. The standard InChI is InChI=1S/C31H21N3O2/c1-3-7-23(8-4-1)24-16-18-27(19-17-24)31-34-33-29(36-31)20-13-22-11-14-26(15-12-22)30-32-21-28(35-30)25-9-5-2-6-10-25/h1-21H/b20-13+. The highest BCUT2D eigenvalue weighted by atomic mass is 16.4. The zero-order chi connectivity index (χ0) is 24.2. The van der Waals surface area contributed by atoms with Gasteiger partial charge in [-0.3, -0.25) is 0 Å². The van der Waals surface area contributed by atoms with E-state index in [1.54, 1.807) is 6.20 Å². The number of benzene rings is 4. The van der Waals surface area contributed by atoms with Gasteiger partial charge in [0.25, 0.3) is 0 Å². The van der Waals surface area contributed by atoms with Crippen LogP contribution in [0.1, 0.15) is 11.5 Å². The molecule has 0 amide bonds. The summed E-state index contributed by atoms with van der Waals surface area (Å²) in [6.07, 6.45) is 5.49. The average molecular weight is 468 g/mol. The van der Waals surface area contributed by atoms with E-state index in [0.717, 1.165) is 33.6 Å². The Balaban J connectivity index is 1.13. The predicted octanol–water partition coefficient (Wildman–Crippen LogP) is 7.90. The minimum Gasteiger partial charge on any atom is -0.436 e. The molecular weight excluding hydrogens is 446 g/mol. The lowest BCUT2D eigenvalue weighted by Gasteiger charge is -2.01. The van der Waals surface area contributed by atoms with Crippen molar-refractivity contribution in [3.63, 3.8) is 0 Å². The van der Waals surface area contributed by atoms with E-state index in [0.29, 0.717) is 17.7 Å². The van der Waals surface area contributed by atoms with Gasteiger partial charge in [-0.15, -0.1) is 10.2 Å². The Morgan fingerprint density at radius 3 is 1.78 bits per heavy atom. The lowest BCUT2D eigenvalue weighted by Crippen LogP contribution is -1.80. The first kappa shape index (κ1) is 21.5. The molecule has 0 fully saturated rings. The van der Waals surface area contributed by atoms with Gasteiger partial charge >= 0.3 is 0 Å². The van der Waals surface area contributed by atoms with Gasteiger partial charge in [-0.05, 0) is 47.0 Å². The molecule has 4 aromatic carbocycles. The molecule has 5 nitrogen and oxygen atoms in total. The Labute approximate surface area is 208 Å². The molecule has 0 aliphatic carbocycles. The van der Waals surface area contributed by atoms with Gasteiger partial charge in [0, 0.05) is 22.8 Å². The fourth-order valence-electron chi connectivity index (χ4n) is 3.90. The van der Waals surface area contributed by atoms with Crippen molar-refractivity contribution in [3.8, 4) is 45.4 Å². The molecule has 0 spiro atoms. The first-order chi connectivity index (χ1) is 17.8. The first-order valence-corrected chi connectivity index (χ1v) is 11.6. The van der Waals surface area contributed by atoms with Gasteiger partial charge in [0.05, 0.1) is 6.20 Å². The fourth-order valence-corrected chi connectivity index (χ4v) is 3.90. The molecule has 0 saturated heterocycles. The summed E-state index contributed by atoms with van der Waals surface area (Å²) in [6.45, 7) is 0. The zero-order valence-corrected chi connectivity index (χ0v) is 19.3. The van der Waals surface area contributed by atoms with Gasteiger partial charge in [0.15, 0.2) is 5.76 Å². The SMILES string of the molecule is C(=C\c1nnc(-c2ccc(-c3ccccc3)cc2)o1)/c1ccc(-c2ncc(-c3ccccc3)o2)cc1. The highest BCUT2D eigenvalue weighted by Crippen LogP contribution is 2.27. The highest BCUT2D eigenvalue weighted by Gasteiger charge is 2.09. The first-order valence-electron chi connectivity index (χ1n) is 11.6. The summed E-state index contributed by atoms with van der Waals surface area (Å²) in [5.74, 6) is 2.27. The third kappa shape index (κ3) is 4.63. The van der Waals surface area contributed by atoms with E-state index in [1.807, 2.05) is 97.1 Å². The van der Waals surface area contributed by atoms with Crippen molar-refractivity contribution in [1.29, 1.82) is 0 Å². The molecular formula is C31H21N3O2. The number of rotatable bonds is 6. The normalized spacial score (nSPS) is 11.2. The van der Waals surface area contributed by atoms with E-state index < -0.39 is 0 Å². The van der Waals surface area contributed by atoms with Crippen molar-refractivity contribution in [2.75, 3.05) is 0 Å². The third-order valence-electron chi connectivity index (χ3n) is 5.82. The maximum absolute atomic E-state index is 5.94. The lowest BCUT2D eigenvalue weighted by atomic mass is 10.0. The monoisotopic (exact) mass is 467 g/mol. The quantitative estimate of drug-likeness (QED) is 0.249. The smallest absolute Gasteiger partial charge is 0.248 e. The Kier molecular flexibility index (Phi) is 5.78. The predicted molar refractivity (Wildman–Crippen MR) is 141 cm³/mol. The molecule has 0 radical (unpaired) electrons. The van der Waals surface area contributed by atoms with Crippen molar-refractivity contribution >= 4 is 12.2 Å². The summed E-state index contributed by atoms with van der Waals surface area (Å²) in [6, 6.07) is 36.2. The number of aromatic nitrogens is 3. The molecule has 0 aliphatic rings. The Morgan fingerprint density at radius 2 is 1.06 bits per heavy atom. The molecule has 5 heteroatoms. The number of nitrogens with zero attached hydrogens (tertiary/aromatic N) is 3. The molecule has 6 aromatic rings. The molecule has 0 aliphatic heterocycles. The Morgan fingerprint density at radius 1 is 0.472 bits per heavy atom. The van der Waals surface area contributed by atoms with Crippen LogP contribution in [0.4, 0.5) is 0 Å². The second-order valence-electron chi connectivity index (χ2n) is 8.24. The molecule has 2 aromatic heterocycles. The van der Waals surface area contributed by atoms with Gasteiger partial charge in [-0.2, -0.15) is 0 Å². The van der Waals surface area contributed by atoms with Crippen molar-refractivity contribution in [1.82, 2.24) is 15.2 Å². The van der Waals surface area contributed by atoms with Gasteiger partial charge < -0.3 is 8.83 Å². The molecule has 0 unspecified atom stereocenters. The van der Waals surface area contributed by atoms with Crippen LogP contribution in [0.15, 0.2) is 124 Å². The fraction of sp³-hybridized carbons (Fsp3) is 0. The van der Waals surface area contributed by atoms with Crippen molar-refractivity contribution in [2.45, 2.75) is 0 Å². The maximum atomic E-state index is 5.94. The molecule has 0 atom stereocenters. The molecule has 0 bridgehead atoms. The lowest BCUT2D eigenvalue weighted by molar-refractivity contribution is 0.558. The van der Waals surface area contributed by atoms with Crippen LogP contribution in [0.3, 0.4) is 0 Å². The molecule has 172 valence electrons. The number of hydrogen-bond acceptors (Lipinski definition) is 5. The van der Waals surface area contributed by atoms with Crippen LogP contribution in [0.2, 0.25) is 0 Å². The van der Waals surface area contributed by atoms with Gasteiger partial charge in [-0.1, -0.05) is 84.9 Å². The average Bonchev–Trinajstić information content (AvgIpc) is 3.64. The van der Waals surface area contributed by atoms with E-state index in [9.17, 15) is 0 Å². The summed E-state index contributed by atoms with van der Waals surface area (Å²) in [4.78, 5) is 4.42. The summed E-state index contributed by atoms with van der Waals surface area (Å²) in [5.41, 5.74) is 6.11. The molecule has 6 rings (SSSR count). The summed E-state index contributed by atoms with van der Waals surface area (Å²) in [7, 11) is 0. The summed E-state index contributed by atoms with van der Waals surface area (Å²) >= 11 is 0. The minimum atomic E-state index is 0.446. The van der Waals surface area contributed by atoms with Crippen LogP contribution in [0.25, 0.3) is 57.5 Å². The molecule has 0 N–H and O–H groups in total. The third-order valence-corrected chi connectivity index (χ3v) is 5.82. The largest absolute Gasteiger partial charge is 0.436 e. The molecule has 36 heavy (non-hydrogen) atoms. The second kappa shape index (κ2) is 9.68. The van der Waals surface area contributed by atoms with Crippen LogP contribution in [0, 0.1) is 0 Å².